The SMILES string of the molecule is CCN(CC)S(=O)(=O)c1cc(NS(=O)(=O)c2ccc(OCC(=O)O)c(C)c2)ccc1C. The second-order valence-corrected chi connectivity index (χ2v) is 10.4. The molecule has 0 aliphatic rings. The highest BCUT2D eigenvalue weighted by atomic mass is 32.2. The number of hydrogen-bond acceptors (Lipinski definition) is 6. The predicted octanol–water partition coefficient (Wildman–Crippen LogP) is 2.60. The Labute approximate surface area is 182 Å². The molecule has 0 heterocycles. The van der Waals surface area contributed by atoms with Gasteiger partial charge in [0, 0.05) is 13.1 Å². The van der Waals surface area contributed by atoms with Crippen LogP contribution in [0.15, 0.2) is 46.2 Å². The van der Waals surface area contributed by atoms with E-state index < -0.39 is 32.6 Å². The van der Waals surface area contributed by atoms with Gasteiger partial charge < -0.3 is 9.84 Å². The molecule has 2 N–H and O–H groups in total. The molecular formula is C20H26N2O7S2. The van der Waals surface area contributed by atoms with Crippen molar-refractivity contribution in [1.29, 1.82) is 0 Å². The van der Waals surface area contributed by atoms with E-state index in [0.717, 1.165) is 0 Å². The van der Waals surface area contributed by atoms with Crippen LogP contribution in [0.3, 0.4) is 0 Å². The first-order valence-electron chi connectivity index (χ1n) is 9.51. The Morgan fingerprint density at radius 1 is 1.00 bits per heavy atom. The second-order valence-electron chi connectivity index (χ2n) is 6.78. The number of nitrogens with zero attached hydrogens (tertiary/aromatic N) is 1. The Morgan fingerprint density at radius 2 is 1.65 bits per heavy atom. The van der Waals surface area contributed by atoms with E-state index in [4.69, 9.17) is 9.84 Å². The van der Waals surface area contributed by atoms with Crippen LogP contribution in [0.2, 0.25) is 0 Å². The summed E-state index contributed by atoms with van der Waals surface area (Å²) in [5.41, 5.74) is 1.06. The normalized spacial score (nSPS) is 12.0. The molecule has 0 fully saturated rings. The van der Waals surface area contributed by atoms with E-state index in [1.807, 2.05) is 0 Å². The third-order valence-electron chi connectivity index (χ3n) is 4.57. The van der Waals surface area contributed by atoms with Crippen molar-refractivity contribution >= 4 is 31.7 Å². The fourth-order valence-electron chi connectivity index (χ4n) is 2.95. The van der Waals surface area contributed by atoms with Gasteiger partial charge in [-0.2, -0.15) is 4.31 Å². The van der Waals surface area contributed by atoms with Crippen LogP contribution >= 0.6 is 0 Å². The Hall–Kier alpha value is -2.63. The van der Waals surface area contributed by atoms with Gasteiger partial charge in [0.2, 0.25) is 10.0 Å². The van der Waals surface area contributed by atoms with Gasteiger partial charge in [-0.3, -0.25) is 4.72 Å². The molecule has 31 heavy (non-hydrogen) atoms. The molecule has 0 bridgehead atoms. The lowest BCUT2D eigenvalue weighted by Crippen LogP contribution is -2.31. The third kappa shape index (κ3) is 5.75. The molecule has 0 saturated carbocycles. The second kappa shape index (κ2) is 9.67. The molecule has 170 valence electrons. The first-order chi connectivity index (χ1) is 14.4. The van der Waals surface area contributed by atoms with Gasteiger partial charge in [-0.05, 0) is 55.3 Å². The number of rotatable bonds is 10. The van der Waals surface area contributed by atoms with E-state index >= 15 is 0 Å². The number of ether oxygens (including phenoxy) is 1. The maximum absolute atomic E-state index is 12.9. The average molecular weight is 471 g/mol. The molecule has 0 aliphatic carbocycles. The van der Waals surface area contributed by atoms with E-state index in [1.165, 1.54) is 34.6 Å². The first kappa shape index (κ1) is 24.6. The highest BCUT2D eigenvalue weighted by Crippen LogP contribution is 2.27. The minimum absolute atomic E-state index is 0.0324. The maximum atomic E-state index is 12.9. The van der Waals surface area contributed by atoms with Crippen molar-refractivity contribution in [2.75, 3.05) is 24.4 Å². The zero-order valence-electron chi connectivity index (χ0n) is 17.7. The summed E-state index contributed by atoms with van der Waals surface area (Å²) < 4.78 is 60.2. The van der Waals surface area contributed by atoms with Crippen LogP contribution in [-0.4, -0.2) is 51.9 Å². The van der Waals surface area contributed by atoms with E-state index in [-0.39, 0.29) is 21.2 Å². The topological polar surface area (TPSA) is 130 Å². The number of carbonyl (C=O) groups is 1. The number of sulfonamides is 2. The monoisotopic (exact) mass is 470 g/mol. The van der Waals surface area contributed by atoms with E-state index in [1.54, 1.807) is 33.8 Å². The van der Waals surface area contributed by atoms with Gasteiger partial charge in [-0.15, -0.1) is 0 Å². The van der Waals surface area contributed by atoms with Crippen molar-refractivity contribution in [2.45, 2.75) is 37.5 Å². The third-order valence-corrected chi connectivity index (χ3v) is 8.14. The van der Waals surface area contributed by atoms with Crippen LogP contribution in [0, 0.1) is 13.8 Å². The molecule has 2 aromatic rings. The largest absolute Gasteiger partial charge is 0.482 e. The summed E-state index contributed by atoms with van der Waals surface area (Å²) in [6.07, 6.45) is 0. The van der Waals surface area contributed by atoms with Crippen LogP contribution in [0.25, 0.3) is 0 Å². The molecule has 9 nitrogen and oxygen atoms in total. The fourth-order valence-corrected chi connectivity index (χ4v) is 5.79. The number of aliphatic carboxylic acids is 1. The summed E-state index contributed by atoms with van der Waals surface area (Å²) in [5, 5.41) is 8.70. The van der Waals surface area contributed by atoms with Crippen LogP contribution in [0.4, 0.5) is 5.69 Å². The number of aryl methyl sites for hydroxylation is 2. The highest BCUT2D eigenvalue weighted by molar-refractivity contribution is 7.92. The zero-order valence-corrected chi connectivity index (χ0v) is 19.4. The number of hydrogen-bond donors (Lipinski definition) is 2. The summed E-state index contributed by atoms with van der Waals surface area (Å²) in [5.74, 6) is -0.892. The van der Waals surface area contributed by atoms with Crippen molar-refractivity contribution in [3.8, 4) is 5.75 Å². The first-order valence-corrected chi connectivity index (χ1v) is 12.4. The highest BCUT2D eigenvalue weighted by Gasteiger charge is 2.25. The number of benzene rings is 2. The molecule has 0 saturated heterocycles. The summed E-state index contributed by atoms with van der Waals surface area (Å²) in [6.45, 7) is 6.75. The molecule has 0 aliphatic heterocycles. The lowest BCUT2D eigenvalue weighted by molar-refractivity contribution is -0.139. The minimum Gasteiger partial charge on any atom is -0.482 e. The Bertz CT molecular complexity index is 1170. The van der Waals surface area contributed by atoms with Gasteiger partial charge in [-0.1, -0.05) is 19.9 Å². The number of anilines is 1. The fraction of sp³-hybridized carbons (Fsp3) is 0.350. The van der Waals surface area contributed by atoms with Crippen molar-refractivity contribution in [3.63, 3.8) is 0 Å². The van der Waals surface area contributed by atoms with Crippen LogP contribution < -0.4 is 9.46 Å². The lowest BCUT2D eigenvalue weighted by atomic mass is 10.2. The van der Waals surface area contributed by atoms with Gasteiger partial charge >= 0.3 is 5.97 Å². The summed E-state index contributed by atoms with van der Waals surface area (Å²) >= 11 is 0. The number of carboxylic acids is 1. The summed E-state index contributed by atoms with van der Waals surface area (Å²) in [4.78, 5) is 10.6. The van der Waals surface area contributed by atoms with Crippen molar-refractivity contribution in [1.82, 2.24) is 4.31 Å². The molecule has 0 radical (unpaired) electrons. The van der Waals surface area contributed by atoms with Crippen molar-refractivity contribution in [2.24, 2.45) is 0 Å². The molecule has 0 atom stereocenters. The Balaban J connectivity index is 2.36. The van der Waals surface area contributed by atoms with Gasteiger partial charge in [-0.25, -0.2) is 21.6 Å². The smallest absolute Gasteiger partial charge is 0.341 e. The molecule has 0 amide bonds. The lowest BCUT2D eigenvalue weighted by Gasteiger charge is -2.20. The minimum atomic E-state index is -4.02. The van der Waals surface area contributed by atoms with E-state index in [2.05, 4.69) is 4.72 Å². The van der Waals surface area contributed by atoms with Gasteiger partial charge in [0.1, 0.15) is 5.75 Å². The molecule has 2 rings (SSSR count). The van der Waals surface area contributed by atoms with Crippen LogP contribution in [0.1, 0.15) is 25.0 Å². The van der Waals surface area contributed by atoms with Gasteiger partial charge in [0.05, 0.1) is 15.5 Å². The van der Waals surface area contributed by atoms with E-state index in [0.29, 0.717) is 24.2 Å². The van der Waals surface area contributed by atoms with Gasteiger partial charge in [0.15, 0.2) is 6.61 Å². The van der Waals surface area contributed by atoms with Gasteiger partial charge in [0.25, 0.3) is 10.0 Å². The Kier molecular flexibility index (Phi) is 7.68. The van der Waals surface area contributed by atoms with Crippen LogP contribution in [0.5, 0.6) is 5.75 Å². The number of carboxylic acid groups (broad SMARTS) is 1. The Morgan fingerprint density at radius 3 is 2.19 bits per heavy atom. The predicted molar refractivity (Wildman–Crippen MR) is 116 cm³/mol. The molecule has 2 aromatic carbocycles. The quantitative estimate of drug-likeness (QED) is 0.546. The molecule has 0 unspecified atom stereocenters. The summed E-state index contributed by atoms with van der Waals surface area (Å²) in [7, 11) is -7.79. The van der Waals surface area contributed by atoms with Crippen LogP contribution in [-0.2, 0) is 24.8 Å². The maximum Gasteiger partial charge on any atom is 0.341 e. The zero-order chi connectivity index (χ0) is 23.4. The number of nitrogens with one attached hydrogen (secondary N) is 1. The average Bonchev–Trinajstić information content (AvgIpc) is 2.68. The molecular weight excluding hydrogens is 444 g/mol. The molecule has 0 aromatic heterocycles. The van der Waals surface area contributed by atoms with Crippen molar-refractivity contribution < 1.29 is 31.5 Å². The molecule has 11 heteroatoms. The van der Waals surface area contributed by atoms with Crippen molar-refractivity contribution in [3.05, 3.63) is 47.5 Å². The summed E-state index contributed by atoms with van der Waals surface area (Å²) in [6, 6.07) is 8.35. The van der Waals surface area contributed by atoms with E-state index in [9.17, 15) is 21.6 Å². The molecule has 0 spiro atoms. The standard InChI is InChI=1S/C20H26N2O7S2/c1-5-22(6-2)31(27,28)19-12-16(8-7-14(19)3)21-30(25,26)17-9-10-18(15(4)11-17)29-13-20(23)24/h7-12,21H,5-6,13H2,1-4H3,(H,23,24).